The topological polar surface area (TPSA) is 133 Å². The fourth-order valence-electron chi connectivity index (χ4n) is 4.45. The van der Waals surface area contributed by atoms with E-state index in [4.69, 9.17) is 35.3 Å². The van der Waals surface area contributed by atoms with Gasteiger partial charge in [0.1, 0.15) is 17.2 Å². The van der Waals surface area contributed by atoms with E-state index in [0.29, 0.717) is 61.2 Å². The van der Waals surface area contributed by atoms with Crippen molar-refractivity contribution < 1.29 is 38.1 Å². The van der Waals surface area contributed by atoms with E-state index in [-0.39, 0.29) is 17.4 Å². The Balaban J connectivity index is 1.53. The van der Waals surface area contributed by atoms with Gasteiger partial charge in [-0.05, 0) is 60.2 Å². The first-order valence-corrected chi connectivity index (χ1v) is 15.7. The molecule has 0 aliphatic carbocycles. The first-order chi connectivity index (χ1) is 23.2. The molecule has 48 heavy (non-hydrogen) atoms. The fourth-order valence-corrected chi connectivity index (χ4v) is 5.44. The van der Waals surface area contributed by atoms with Crippen LogP contribution >= 0.6 is 23.4 Å². The molecular weight excluding hydrogens is 658 g/mol. The predicted octanol–water partition coefficient (Wildman–Crippen LogP) is 6.52. The normalized spacial score (nSPS) is 10.8. The Kier molecular flexibility index (Phi) is 12.6. The van der Waals surface area contributed by atoms with E-state index < -0.39 is 11.8 Å². The Hall–Kier alpha value is -5.33. The molecule has 0 spiro atoms. The minimum absolute atomic E-state index is 0.0392. The molecule has 0 radical (unpaired) electrons. The molecular formula is C35H34ClN3O8S. The van der Waals surface area contributed by atoms with Gasteiger partial charge in [0.25, 0.3) is 11.8 Å². The SMILES string of the molecule is COc1cc(OC)c(NC(=O)CSc2cccc(NC(=O)/C(=C\c3cc(OC)c(OC)c(OC)c3)NC(=O)c3ccccc3)c2)cc1Cl. The molecule has 13 heteroatoms. The first-order valence-electron chi connectivity index (χ1n) is 14.3. The molecule has 0 atom stereocenters. The number of thioether (sulfide) groups is 1. The summed E-state index contributed by atoms with van der Waals surface area (Å²) in [5.74, 6) is 0.642. The van der Waals surface area contributed by atoms with Crippen LogP contribution in [0.3, 0.4) is 0 Å². The van der Waals surface area contributed by atoms with Gasteiger partial charge in [-0.3, -0.25) is 14.4 Å². The first kappa shape index (κ1) is 35.5. The van der Waals surface area contributed by atoms with Crippen LogP contribution in [-0.4, -0.2) is 59.0 Å². The number of nitrogens with one attached hydrogen (secondary N) is 3. The lowest BCUT2D eigenvalue weighted by molar-refractivity contribution is -0.114. The third-order valence-electron chi connectivity index (χ3n) is 6.74. The summed E-state index contributed by atoms with van der Waals surface area (Å²) in [4.78, 5) is 40.3. The molecule has 0 aromatic heterocycles. The summed E-state index contributed by atoms with van der Waals surface area (Å²) in [6, 6.07) is 21.9. The molecule has 11 nitrogen and oxygen atoms in total. The van der Waals surface area contributed by atoms with Gasteiger partial charge in [0.15, 0.2) is 11.5 Å². The number of ether oxygens (including phenoxy) is 5. The van der Waals surface area contributed by atoms with Gasteiger partial charge in [-0.25, -0.2) is 0 Å². The highest BCUT2D eigenvalue weighted by Gasteiger charge is 2.18. The maximum atomic E-state index is 13.6. The Morgan fingerprint density at radius 2 is 1.40 bits per heavy atom. The fraction of sp³-hybridized carbons (Fsp3) is 0.171. The largest absolute Gasteiger partial charge is 0.495 e. The van der Waals surface area contributed by atoms with Crippen LogP contribution < -0.4 is 39.6 Å². The number of carbonyl (C=O) groups is 3. The van der Waals surface area contributed by atoms with Crippen LogP contribution in [0, 0.1) is 0 Å². The number of anilines is 2. The van der Waals surface area contributed by atoms with Crippen molar-refractivity contribution in [3.8, 4) is 28.7 Å². The average Bonchev–Trinajstić information content (AvgIpc) is 3.10. The summed E-state index contributed by atoms with van der Waals surface area (Å²) < 4.78 is 26.9. The number of rotatable bonds is 14. The summed E-state index contributed by atoms with van der Waals surface area (Å²) >= 11 is 7.48. The molecule has 0 heterocycles. The van der Waals surface area contributed by atoms with Crippen molar-refractivity contribution in [2.24, 2.45) is 0 Å². The number of benzene rings is 4. The van der Waals surface area contributed by atoms with E-state index in [1.807, 2.05) is 6.07 Å². The Morgan fingerprint density at radius 1 is 0.729 bits per heavy atom. The highest BCUT2D eigenvalue weighted by atomic mass is 35.5. The number of amides is 3. The molecule has 0 aliphatic heterocycles. The summed E-state index contributed by atoms with van der Waals surface area (Å²) in [6.45, 7) is 0. The standard InChI is InChI=1S/C35H34ClN3O8S/c1-43-28-19-29(44-2)26(18-25(28)36)38-32(40)20-48-24-13-9-12-23(17-24)37-35(42)27(39-34(41)22-10-7-6-8-11-22)14-21-15-30(45-3)33(47-5)31(16-21)46-4/h6-19H,20H2,1-5H3,(H,37,42)(H,38,40)(H,39,41)/b27-14+. The van der Waals surface area contributed by atoms with Crippen molar-refractivity contribution >= 4 is 58.5 Å². The molecule has 4 aromatic carbocycles. The molecule has 4 rings (SSSR count). The quantitative estimate of drug-likeness (QED) is 0.0998. The van der Waals surface area contributed by atoms with Gasteiger partial charge in [-0.2, -0.15) is 0 Å². The lowest BCUT2D eigenvalue weighted by Crippen LogP contribution is -2.30. The minimum atomic E-state index is -0.587. The van der Waals surface area contributed by atoms with Crippen molar-refractivity contribution in [2.75, 3.05) is 51.9 Å². The van der Waals surface area contributed by atoms with Crippen LogP contribution in [0.5, 0.6) is 28.7 Å². The Labute approximate surface area is 287 Å². The molecule has 3 N–H and O–H groups in total. The monoisotopic (exact) mass is 691 g/mol. The predicted molar refractivity (Wildman–Crippen MR) is 187 cm³/mol. The van der Waals surface area contributed by atoms with Crippen LogP contribution in [0.4, 0.5) is 11.4 Å². The van der Waals surface area contributed by atoms with Crippen molar-refractivity contribution in [1.82, 2.24) is 5.32 Å². The van der Waals surface area contributed by atoms with E-state index >= 15 is 0 Å². The molecule has 3 amide bonds. The molecule has 0 fully saturated rings. The van der Waals surface area contributed by atoms with E-state index in [1.165, 1.54) is 53.4 Å². The highest BCUT2D eigenvalue weighted by Crippen LogP contribution is 2.39. The van der Waals surface area contributed by atoms with E-state index in [9.17, 15) is 14.4 Å². The zero-order valence-electron chi connectivity index (χ0n) is 26.8. The van der Waals surface area contributed by atoms with Gasteiger partial charge in [0, 0.05) is 22.2 Å². The van der Waals surface area contributed by atoms with Crippen molar-refractivity contribution in [3.63, 3.8) is 0 Å². The number of methoxy groups -OCH3 is 5. The molecule has 0 saturated carbocycles. The zero-order valence-corrected chi connectivity index (χ0v) is 28.4. The number of hydrogen-bond acceptors (Lipinski definition) is 9. The number of hydrogen-bond donors (Lipinski definition) is 3. The minimum Gasteiger partial charge on any atom is -0.495 e. The smallest absolute Gasteiger partial charge is 0.272 e. The Morgan fingerprint density at radius 3 is 2.02 bits per heavy atom. The maximum absolute atomic E-state index is 13.6. The number of carbonyl (C=O) groups excluding carboxylic acids is 3. The van der Waals surface area contributed by atoms with Gasteiger partial charge in [-0.1, -0.05) is 35.9 Å². The van der Waals surface area contributed by atoms with Gasteiger partial charge < -0.3 is 39.6 Å². The third-order valence-corrected chi connectivity index (χ3v) is 8.03. The molecule has 0 saturated heterocycles. The molecule has 0 unspecified atom stereocenters. The van der Waals surface area contributed by atoms with Gasteiger partial charge in [0.05, 0.1) is 52.0 Å². The average molecular weight is 692 g/mol. The molecule has 4 aromatic rings. The van der Waals surface area contributed by atoms with E-state index in [0.717, 1.165) is 0 Å². The second-order valence-corrected chi connectivity index (χ2v) is 11.3. The van der Waals surface area contributed by atoms with Crippen molar-refractivity contribution in [2.45, 2.75) is 4.90 Å². The second kappa shape index (κ2) is 17.0. The van der Waals surface area contributed by atoms with E-state index in [1.54, 1.807) is 72.8 Å². The maximum Gasteiger partial charge on any atom is 0.272 e. The summed E-state index contributed by atoms with van der Waals surface area (Å²) in [5, 5.41) is 8.67. The van der Waals surface area contributed by atoms with Crippen LogP contribution in [-0.2, 0) is 9.59 Å². The zero-order chi connectivity index (χ0) is 34.6. The van der Waals surface area contributed by atoms with Crippen LogP contribution in [0.25, 0.3) is 6.08 Å². The highest BCUT2D eigenvalue weighted by molar-refractivity contribution is 8.00. The molecule has 0 aliphatic rings. The Bertz CT molecular complexity index is 1790. The van der Waals surface area contributed by atoms with E-state index in [2.05, 4.69) is 16.0 Å². The van der Waals surface area contributed by atoms with Crippen molar-refractivity contribution in [3.05, 3.63) is 101 Å². The summed E-state index contributed by atoms with van der Waals surface area (Å²) in [6.07, 6.45) is 1.50. The van der Waals surface area contributed by atoms with Crippen LogP contribution in [0.15, 0.2) is 89.5 Å². The van der Waals surface area contributed by atoms with Crippen molar-refractivity contribution in [1.29, 1.82) is 0 Å². The number of halogens is 1. The van der Waals surface area contributed by atoms with Crippen LogP contribution in [0.2, 0.25) is 5.02 Å². The van der Waals surface area contributed by atoms with Gasteiger partial charge >= 0.3 is 0 Å². The van der Waals surface area contributed by atoms with Crippen LogP contribution in [0.1, 0.15) is 15.9 Å². The second-order valence-electron chi connectivity index (χ2n) is 9.84. The summed E-state index contributed by atoms with van der Waals surface area (Å²) in [7, 11) is 7.41. The third kappa shape index (κ3) is 9.14. The van der Waals surface area contributed by atoms with Gasteiger partial charge in [-0.15, -0.1) is 11.8 Å². The molecule has 250 valence electrons. The lowest BCUT2D eigenvalue weighted by atomic mass is 10.1. The van der Waals surface area contributed by atoms with Gasteiger partial charge in [0.2, 0.25) is 11.7 Å². The lowest BCUT2D eigenvalue weighted by Gasteiger charge is -2.15. The molecule has 0 bridgehead atoms. The summed E-state index contributed by atoms with van der Waals surface area (Å²) in [5.41, 5.74) is 1.68.